The van der Waals surface area contributed by atoms with Crippen LogP contribution in [-0.2, 0) is 5.88 Å². The first-order chi connectivity index (χ1) is 6.61. The molecule has 0 unspecified atom stereocenters. The molecule has 0 aliphatic rings. The molecule has 0 bridgehead atoms. The minimum Gasteiger partial charge on any atom is -0.478 e. The molecule has 0 saturated carbocycles. The summed E-state index contributed by atoms with van der Waals surface area (Å²) in [4.78, 5) is 10.7. The second-order valence-electron chi connectivity index (χ2n) is 2.50. The van der Waals surface area contributed by atoms with Gasteiger partial charge in [-0.3, -0.25) is 0 Å². The van der Waals surface area contributed by atoms with Crippen LogP contribution in [0, 0.1) is 11.3 Å². The second kappa shape index (κ2) is 4.32. The van der Waals surface area contributed by atoms with Gasteiger partial charge in [0.05, 0.1) is 16.1 Å². The molecule has 0 saturated heterocycles. The van der Waals surface area contributed by atoms with Gasteiger partial charge in [-0.25, -0.2) is 4.79 Å². The molecular weight excluding hydrogens is 225 g/mol. The highest BCUT2D eigenvalue weighted by Gasteiger charge is 2.15. The normalized spacial score (nSPS) is 9.50. The Morgan fingerprint density at radius 3 is 2.64 bits per heavy atom. The van der Waals surface area contributed by atoms with Crippen LogP contribution in [0.1, 0.15) is 21.5 Å². The highest BCUT2D eigenvalue weighted by atomic mass is 35.5. The Labute approximate surface area is 90.5 Å². The summed E-state index contributed by atoms with van der Waals surface area (Å²) in [6.45, 7) is 0. The van der Waals surface area contributed by atoms with E-state index in [-0.39, 0.29) is 27.6 Å². The maximum absolute atomic E-state index is 10.7. The van der Waals surface area contributed by atoms with Crippen molar-refractivity contribution in [1.82, 2.24) is 0 Å². The van der Waals surface area contributed by atoms with Gasteiger partial charge in [0, 0.05) is 11.4 Å². The fourth-order valence-electron chi connectivity index (χ4n) is 1.08. The van der Waals surface area contributed by atoms with Crippen LogP contribution in [0.15, 0.2) is 12.1 Å². The number of halogens is 2. The van der Waals surface area contributed by atoms with Crippen molar-refractivity contribution in [3.63, 3.8) is 0 Å². The average molecular weight is 230 g/mol. The first-order valence-corrected chi connectivity index (χ1v) is 4.53. The quantitative estimate of drug-likeness (QED) is 0.794. The van der Waals surface area contributed by atoms with Crippen LogP contribution >= 0.6 is 23.2 Å². The third-order valence-corrected chi connectivity index (χ3v) is 2.32. The largest absolute Gasteiger partial charge is 0.478 e. The number of hydrogen-bond acceptors (Lipinski definition) is 2. The Morgan fingerprint density at radius 2 is 2.21 bits per heavy atom. The van der Waals surface area contributed by atoms with E-state index in [0.29, 0.717) is 0 Å². The third kappa shape index (κ3) is 1.82. The molecule has 1 rings (SSSR count). The zero-order valence-corrected chi connectivity index (χ0v) is 8.43. The Balaban J connectivity index is 3.50. The van der Waals surface area contributed by atoms with Gasteiger partial charge in [-0.2, -0.15) is 5.26 Å². The lowest BCUT2D eigenvalue weighted by atomic mass is 10.0. The molecule has 0 aromatic heterocycles. The molecule has 0 fully saturated rings. The number of benzene rings is 1. The summed E-state index contributed by atoms with van der Waals surface area (Å²) in [5, 5.41) is 17.8. The van der Waals surface area contributed by atoms with Gasteiger partial charge in [-0.05, 0) is 12.1 Å². The van der Waals surface area contributed by atoms with Gasteiger partial charge in [0.25, 0.3) is 0 Å². The van der Waals surface area contributed by atoms with Crippen LogP contribution in [0.3, 0.4) is 0 Å². The predicted molar refractivity (Wildman–Crippen MR) is 52.7 cm³/mol. The molecule has 0 amide bonds. The van der Waals surface area contributed by atoms with Gasteiger partial charge in [0.15, 0.2) is 0 Å². The van der Waals surface area contributed by atoms with E-state index in [4.69, 9.17) is 33.6 Å². The van der Waals surface area contributed by atoms with Crippen molar-refractivity contribution >= 4 is 29.2 Å². The zero-order chi connectivity index (χ0) is 10.7. The number of carboxylic acids is 1. The van der Waals surface area contributed by atoms with E-state index >= 15 is 0 Å². The third-order valence-electron chi connectivity index (χ3n) is 1.74. The molecule has 0 aliphatic carbocycles. The van der Waals surface area contributed by atoms with E-state index in [1.807, 2.05) is 6.07 Å². The van der Waals surface area contributed by atoms with Crippen molar-refractivity contribution in [1.29, 1.82) is 5.26 Å². The molecule has 0 aliphatic heterocycles. The molecule has 3 nitrogen and oxygen atoms in total. The first kappa shape index (κ1) is 10.8. The summed E-state index contributed by atoms with van der Waals surface area (Å²) in [5.74, 6) is -1.17. The number of aromatic carboxylic acids is 1. The number of carbonyl (C=O) groups is 1. The van der Waals surface area contributed by atoms with Crippen LogP contribution in [0.5, 0.6) is 0 Å². The van der Waals surface area contributed by atoms with Crippen LogP contribution in [0.4, 0.5) is 0 Å². The van der Waals surface area contributed by atoms with Crippen molar-refractivity contribution < 1.29 is 9.90 Å². The summed E-state index contributed by atoms with van der Waals surface area (Å²) in [7, 11) is 0. The number of hydrogen-bond donors (Lipinski definition) is 1. The molecule has 0 radical (unpaired) electrons. The Morgan fingerprint density at radius 1 is 1.57 bits per heavy atom. The van der Waals surface area contributed by atoms with E-state index in [1.54, 1.807) is 0 Å². The molecule has 1 N–H and O–H groups in total. The Hall–Kier alpha value is -1.24. The molecule has 72 valence electrons. The van der Waals surface area contributed by atoms with Gasteiger partial charge in [0.2, 0.25) is 0 Å². The van der Waals surface area contributed by atoms with E-state index in [9.17, 15) is 4.79 Å². The smallest absolute Gasteiger partial charge is 0.336 e. The molecule has 0 spiro atoms. The topological polar surface area (TPSA) is 61.1 Å². The van der Waals surface area contributed by atoms with Gasteiger partial charge in [0.1, 0.15) is 6.07 Å². The van der Waals surface area contributed by atoms with Crippen molar-refractivity contribution in [3.8, 4) is 6.07 Å². The summed E-state index contributed by atoms with van der Waals surface area (Å²) < 4.78 is 0. The molecular formula is C9H5Cl2NO2. The van der Waals surface area contributed by atoms with E-state index in [2.05, 4.69) is 0 Å². The summed E-state index contributed by atoms with van der Waals surface area (Å²) in [6, 6.07) is 4.54. The average Bonchev–Trinajstić information content (AvgIpc) is 2.16. The summed E-state index contributed by atoms with van der Waals surface area (Å²) >= 11 is 11.3. The Kier molecular flexibility index (Phi) is 3.34. The van der Waals surface area contributed by atoms with Gasteiger partial charge in [-0.1, -0.05) is 11.6 Å². The lowest BCUT2D eigenvalue weighted by molar-refractivity contribution is 0.0696. The van der Waals surface area contributed by atoms with Gasteiger partial charge < -0.3 is 5.11 Å². The maximum atomic E-state index is 10.7. The molecule has 0 heterocycles. The van der Waals surface area contributed by atoms with Crippen molar-refractivity contribution in [2.45, 2.75) is 5.88 Å². The van der Waals surface area contributed by atoms with Crippen LogP contribution in [0.25, 0.3) is 0 Å². The zero-order valence-electron chi connectivity index (χ0n) is 6.92. The van der Waals surface area contributed by atoms with Crippen molar-refractivity contribution in [2.75, 3.05) is 0 Å². The number of rotatable bonds is 2. The number of nitrogens with zero attached hydrogens (tertiary/aromatic N) is 1. The van der Waals surface area contributed by atoms with Gasteiger partial charge in [-0.15, -0.1) is 11.6 Å². The van der Waals surface area contributed by atoms with Gasteiger partial charge >= 0.3 is 5.97 Å². The predicted octanol–water partition coefficient (Wildman–Crippen LogP) is 2.65. The highest BCUT2D eigenvalue weighted by molar-refractivity contribution is 6.32. The minimum absolute atomic E-state index is 0.0148. The summed E-state index contributed by atoms with van der Waals surface area (Å²) in [6.07, 6.45) is 0. The van der Waals surface area contributed by atoms with Crippen LogP contribution in [-0.4, -0.2) is 11.1 Å². The molecule has 1 aromatic carbocycles. The standard InChI is InChI=1S/C9H5Cl2NO2/c10-3-6-5(9(13)14)1-2-8(11)7(6)4-12/h1-2H,3H2,(H,13,14). The lowest BCUT2D eigenvalue weighted by Crippen LogP contribution is -2.03. The van der Waals surface area contributed by atoms with Crippen LogP contribution in [0.2, 0.25) is 5.02 Å². The maximum Gasteiger partial charge on any atom is 0.336 e. The SMILES string of the molecule is N#Cc1c(Cl)ccc(C(=O)O)c1CCl. The molecule has 5 heteroatoms. The van der Waals surface area contributed by atoms with Crippen molar-refractivity contribution in [2.24, 2.45) is 0 Å². The molecule has 0 atom stereocenters. The van der Waals surface area contributed by atoms with Crippen molar-refractivity contribution in [3.05, 3.63) is 33.8 Å². The monoisotopic (exact) mass is 229 g/mol. The highest BCUT2D eigenvalue weighted by Crippen LogP contribution is 2.24. The van der Waals surface area contributed by atoms with E-state index in [1.165, 1.54) is 12.1 Å². The summed E-state index contributed by atoms with van der Waals surface area (Å²) in [5.41, 5.74) is 0.400. The minimum atomic E-state index is -1.12. The fraction of sp³-hybridized carbons (Fsp3) is 0.111. The number of nitriles is 1. The lowest BCUT2D eigenvalue weighted by Gasteiger charge is -2.05. The number of alkyl halides is 1. The van der Waals surface area contributed by atoms with E-state index < -0.39 is 5.97 Å². The Bertz CT molecular complexity index is 424. The number of carboxylic acid groups (broad SMARTS) is 1. The first-order valence-electron chi connectivity index (χ1n) is 3.62. The van der Waals surface area contributed by atoms with Crippen LogP contribution < -0.4 is 0 Å². The molecule has 14 heavy (non-hydrogen) atoms. The second-order valence-corrected chi connectivity index (χ2v) is 3.17. The molecule has 1 aromatic rings. The fourth-order valence-corrected chi connectivity index (χ4v) is 1.58. The van der Waals surface area contributed by atoms with E-state index in [0.717, 1.165) is 0 Å².